The molecule has 0 aromatic rings. The number of piperidine rings is 1. The highest BCUT2D eigenvalue weighted by Crippen LogP contribution is 2.32. The van der Waals surface area contributed by atoms with Crippen molar-refractivity contribution in [3.05, 3.63) is 0 Å². The zero-order valence-electron chi connectivity index (χ0n) is 11.2. The SMILES string of the molecule is CCCCCCC1CCCC(C)(C)N1C. The van der Waals surface area contributed by atoms with Gasteiger partial charge in [-0.25, -0.2) is 0 Å². The van der Waals surface area contributed by atoms with Crippen molar-refractivity contribution in [1.29, 1.82) is 0 Å². The van der Waals surface area contributed by atoms with Gasteiger partial charge in [-0.1, -0.05) is 39.0 Å². The van der Waals surface area contributed by atoms with Crippen LogP contribution in [0, 0.1) is 0 Å². The second kappa shape index (κ2) is 5.89. The van der Waals surface area contributed by atoms with Crippen LogP contribution in [0.3, 0.4) is 0 Å². The Hall–Kier alpha value is -0.0400. The molecule has 0 amide bonds. The van der Waals surface area contributed by atoms with Crippen LogP contribution in [0.1, 0.15) is 72.1 Å². The summed E-state index contributed by atoms with van der Waals surface area (Å²) in [5.41, 5.74) is 0.438. The van der Waals surface area contributed by atoms with E-state index >= 15 is 0 Å². The number of hydrogen-bond acceptors (Lipinski definition) is 1. The number of unbranched alkanes of at least 4 members (excludes halogenated alkanes) is 3. The number of nitrogens with zero attached hydrogens (tertiary/aromatic N) is 1. The lowest BCUT2D eigenvalue weighted by molar-refractivity contribution is 0.0451. The summed E-state index contributed by atoms with van der Waals surface area (Å²) in [6.45, 7) is 7.08. The third kappa shape index (κ3) is 3.79. The van der Waals surface area contributed by atoms with Crippen molar-refractivity contribution in [2.75, 3.05) is 7.05 Å². The predicted octanol–water partition coefficient (Wildman–Crippen LogP) is 4.22. The molecule has 15 heavy (non-hydrogen) atoms. The molecule has 0 radical (unpaired) electrons. The van der Waals surface area contributed by atoms with E-state index in [9.17, 15) is 0 Å². The van der Waals surface area contributed by atoms with Crippen LogP contribution in [0.4, 0.5) is 0 Å². The summed E-state index contributed by atoms with van der Waals surface area (Å²) in [7, 11) is 2.32. The molecule has 0 aromatic heterocycles. The highest BCUT2D eigenvalue weighted by atomic mass is 15.2. The summed E-state index contributed by atoms with van der Waals surface area (Å²) in [6, 6.07) is 0.852. The quantitative estimate of drug-likeness (QED) is 0.615. The lowest BCUT2D eigenvalue weighted by Crippen LogP contribution is -2.50. The van der Waals surface area contributed by atoms with Crippen LogP contribution in [-0.2, 0) is 0 Å². The Morgan fingerprint density at radius 2 is 1.93 bits per heavy atom. The summed E-state index contributed by atoms with van der Waals surface area (Å²) in [5.74, 6) is 0. The molecule has 0 spiro atoms. The minimum absolute atomic E-state index is 0.438. The molecule has 0 N–H and O–H groups in total. The fourth-order valence-electron chi connectivity index (χ4n) is 2.78. The highest BCUT2D eigenvalue weighted by molar-refractivity contribution is 4.88. The van der Waals surface area contributed by atoms with Gasteiger partial charge >= 0.3 is 0 Å². The Kier molecular flexibility index (Phi) is 5.11. The lowest BCUT2D eigenvalue weighted by atomic mass is 9.85. The molecule has 1 unspecified atom stereocenters. The molecule has 0 saturated carbocycles. The zero-order chi connectivity index (χ0) is 11.3. The van der Waals surface area contributed by atoms with Gasteiger partial charge in [-0.15, -0.1) is 0 Å². The Bertz CT molecular complexity index is 174. The summed E-state index contributed by atoms with van der Waals surface area (Å²) >= 11 is 0. The Labute approximate surface area is 96.2 Å². The fourth-order valence-corrected chi connectivity index (χ4v) is 2.78. The van der Waals surface area contributed by atoms with Gasteiger partial charge in [0.05, 0.1) is 0 Å². The molecule has 0 aliphatic carbocycles. The van der Waals surface area contributed by atoms with E-state index in [2.05, 4.69) is 32.7 Å². The number of likely N-dealkylation sites (tertiary alicyclic amines) is 1. The Morgan fingerprint density at radius 1 is 1.20 bits per heavy atom. The molecule has 1 aliphatic heterocycles. The highest BCUT2D eigenvalue weighted by Gasteiger charge is 2.32. The second-order valence-electron chi connectivity index (χ2n) is 5.82. The van der Waals surface area contributed by atoms with Gasteiger partial charge in [0.25, 0.3) is 0 Å². The molecule has 1 heteroatoms. The predicted molar refractivity (Wildman–Crippen MR) is 68.2 cm³/mol. The van der Waals surface area contributed by atoms with E-state index in [0.29, 0.717) is 5.54 Å². The van der Waals surface area contributed by atoms with Crippen molar-refractivity contribution < 1.29 is 0 Å². The standard InChI is InChI=1S/C14H29N/c1-5-6-7-8-10-13-11-9-12-14(2,3)15(13)4/h13H,5-12H2,1-4H3. The first-order valence-electron chi connectivity index (χ1n) is 6.81. The van der Waals surface area contributed by atoms with Crippen molar-refractivity contribution in [3.8, 4) is 0 Å². The van der Waals surface area contributed by atoms with Gasteiger partial charge in [-0.05, 0) is 40.2 Å². The minimum atomic E-state index is 0.438. The van der Waals surface area contributed by atoms with Gasteiger partial charge in [-0.2, -0.15) is 0 Å². The normalized spacial score (nSPS) is 26.8. The number of hydrogen-bond donors (Lipinski definition) is 0. The Morgan fingerprint density at radius 3 is 2.60 bits per heavy atom. The molecule has 90 valence electrons. The summed E-state index contributed by atoms with van der Waals surface area (Å²) in [6.07, 6.45) is 11.3. The molecule has 0 bridgehead atoms. The third-order valence-electron chi connectivity index (χ3n) is 4.22. The van der Waals surface area contributed by atoms with Crippen LogP contribution < -0.4 is 0 Å². The van der Waals surface area contributed by atoms with Crippen LogP contribution in [0.5, 0.6) is 0 Å². The van der Waals surface area contributed by atoms with Crippen molar-refractivity contribution in [3.63, 3.8) is 0 Å². The van der Waals surface area contributed by atoms with Gasteiger partial charge in [0, 0.05) is 11.6 Å². The number of rotatable bonds is 5. The maximum absolute atomic E-state index is 2.63. The molecule has 1 aliphatic rings. The second-order valence-corrected chi connectivity index (χ2v) is 5.82. The van der Waals surface area contributed by atoms with Crippen molar-refractivity contribution in [1.82, 2.24) is 4.90 Å². The van der Waals surface area contributed by atoms with Crippen LogP contribution in [0.15, 0.2) is 0 Å². The molecule has 1 heterocycles. The van der Waals surface area contributed by atoms with E-state index in [1.807, 2.05) is 0 Å². The molecule has 1 fully saturated rings. The largest absolute Gasteiger partial charge is 0.298 e. The smallest absolute Gasteiger partial charge is 0.0153 e. The van der Waals surface area contributed by atoms with E-state index in [-0.39, 0.29) is 0 Å². The first-order chi connectivity index (χ1) is 7.08. The zero-order valence-corrected chi connectivity index (χ0v) is 11.2. The topological polar surface area (TPSA) is 3.24 Å². The summed E-state index contributed by atoms with van der Waals surface area (Å²) in [4.78, 5) is 2.63. The van der Waals surface area contributed by atoms with Gasteiger partial charge in [0.2, 0.25) is 0 Å². The average Bonchev–Trinajstić information content (AvgIpc) is 2.19. The van der Waals surface area contributed by atoms with Crippen LogP contribution in [-0.4, -0.2) is 23.5 Å². The maximum atomic E-state index is 2.63. The maximum Gasteiger partial charge on any atom is 0.0153 e. The first kappa shape index (κ1) is 13.0. The van der Waals surface area contributed by atoms with Crippen LogP contribution >= 0.6 is 0 Å². The van der Waals surface area contributed by atoms with Gasteiger partial charge in [0.15, 0.2) is 0 Å². The molecular formula is C14H29N. The van der Waals surface area contributed by atoms with Crippen LogP contribution in [0.25, 0.3) is 0 Å². The monoisotopic (exact) mass is 211 g/mol. The van der Waals surface area contributed by atoms with E-state index in [1.165, 1.54) is 51.4 Å². The molecule has 1 rings (SSSR count). The van der Waals surface area contributed by atoms with Crippen molar-refractivity contribution in [2.45, 2.75) is 83.7 Å². The molecule has 1 nitrogen and oxygen atoms in total. The van der Waals surface area contributed by atoms with E-state index < -0.39 is 0 Å². The molecular weight excluding hydrogens is 182 g/mol. The Balaban J connectivity index is 2.28. The summed E-state index contributed by atoms with van der Waals surface area (Å²) in [5, 5.41) is 0. The lowest BCUT2D eigenvalue weighted by Gasteiger charge is -2.45. The van der Waals surface area contributed by atoms with Crippen molar-refractivity contribution in [2.24, 2.45) is 0 Å². The van der Waals surface area contributed by atoms with Gasteiger partial charge < -0.3 is 0 Å². The van der Waals surface area contributed by atoms with Gasteiger partial charge in [0.1, 0.15) is 0 Å². The molecule has 1 saturated heterocycles. The summed E-state index contributed by atoms with van der Waals surface area (Å²) < 4.78 is 0. The van der Waals surface area contributed by atoms with E-state index in [1.54, 1.807) is 0 Å². The first-order valence-corrected chi connectivity index (χ1v) is 6.81. The third-order valence-corrected chi connectivity index (χ3v) is 4.22. The van der Waals surface area contributed by atoms with E-state index in [0.717, 1.165) is 6.04 Å². The molecule has 1 atom stereocenters. The average molecular weight is 211 g/mol. The minimum Gasteiger partial charge on any atom is -0.298 e. The fraction of sp³-hybridized carbons (Fsp3) is 1.00. The molecule has 0 aromatic carbocycles. The van der Waals surface area contributed by atoms with Crippen molar-refractivity contribution >= 4 is 0 Å². The van der Waals surface area contributed by atoms with Gasteiger partial charge in [-0.3, -0.25) is 4.90 Å². The van der Waals surface area contributed by atoms with Crippen LogP contribution in [0.2, 0.25) is 0 Å². The van der Waals surface area contributed by atoms with E-state index in [4.69, 9.17) is 0 Å².